The third-order valence-electron chi connectivity index (χ3n) is 9.03. The molecule has 0 radical (unpaired) electrons. The number of nitrogens with one attached hydrogen (secondary N) is 1. The number of nitrogens with zero attached hydrogens (tertiary/aromatic N) is 4. The Kier molecular flexibility index (Phi) is 4.84. The van der Waals surface area contributed by atoms with E-state index in [2.05, 4.69) is 10.3 Å². The second kappa shape index (κ2) is 7.69. The second-order valence-electron chi connectivity index (χ2n) is 11.9. The molecule has 2 aromatic rings. The van der Waals surface area contributed by atoms with Crippen LogP contribution in [0.2, 0.25) is 0 Å². The number of rotatable bonds is 6. The number of ether oxygens (including phenoxy) is 1. The van der Waals surface area contributed by atoms with Crippen molar-refractivity contribution >= 4 is 39.2 Å². The van der Waals surface area contributed by atoms with Gasteiger partial charge in [0.25, 0.3) is 5.91 Å². The van der Waals surface area contributed by atoms with Crippen LogP contribution in [0, 0.1) is 11.8 Å². The van der Waals surface area contributed by atoms with Gasteiger partial charge in [-0.05, 0) is 62.1 Å². The number of pyridine rings is 1. The minimum Gasteiger partial charge on any atom is -0.381 e. The third-order valence-corrected chi connectivity index (χ3v) is 10.2. The zero-order valence-electron chi connectivity index (χ0n) is 21.7. The van der Waals surface area contributed by atoms with Crippen LogP contribution in [-0.4, -0.2) is 67.8 Å². The predicted molar refractivity (Wildman–Crippen MR) is 141 cm³/mol. The van der Waals surface area contributed by atoms with Crippen molar-refractivity contribution in [2.24, 2.45) is 11.8 Å². The van der Waals surface area contributed by atoms with Gasteiger partial charge in [0.2, 0.25) is 10.0 Å². The van der Waals surface area contributed by atoms with Gasteiger partial charge in [-0.2, -0.15) is 0 Å². The molecule has 1 spiro atoms. The first-order valence-corrected chi connectivity index (χ1v) is 14.9. The van der Waals surface area contributed by atoms with Gasteiger partial charge in [0, 0.05) is 42.6 Å². The molecule has 1 aromatic carbocycles. The summed E-state index contributed by atoms with van der Waals surface area (Å²) >= 11 is 0. The molecule has 2 aliphatic carbocycles. The Hall–Kier alpha value is -3.18. The lowest BCUT2D eigenvalue weighted by molar-refractivity contribution is -0.123. The van der Waals surface area contributed by atoms with Crippen LogP contribution in [0.5, 0.6) is 0 Å². The second-order valence-corrected chi connectivity index (χ2v) is 13.8. The van der Waals surface area contributed by atoms with Gasteiger partial charge in [-0.1, -0.05) is 6.07 Å². The lowest BCUT2D eigenvalue weighted by Crippen LogP contribution is -2.43. The summed E-state index contributed by atoms with van der Waals surface area (Å²) in [7, 11) is -3.49. The highest BCUT2D eigenvalue weighted by Gasteiger charge is 2.56. The van der Waals surface area contributed by atoms with Crippen molar-refractivity contribution in [1.82, 2.24) is 9.88 Å². The van der Waals surface area contributed by atoms with Crippen LogP contribution < -0.4 is 14.5 Å². The van der Waals surface area contributed by atoms with Gasteiger partial charge in [-0.15, -0.1) is 0 Å². The molecular weight excluding hydrogens is 506 g/mol. The Balaban J connectivity index is 1.15. The van der Waals surface area contributed by atoms with Gasteiger partial charge in [0.1, 0.15) is 11.4 Å². The van der Waals surface area contributed by atoms with Crippen LogP contribution in [0.15, 0.2) is 36.5 Å². The van der Waals surface area contributed by atoms with Gasteiger partial charge >= 0.3 is 6.03 Å². The first kappa shape index (κ1) is 23.9. The van der Waals surface area contributed by atoms with E-state index in [1.165, 1.54) is 15.5 Å². The number of imide groups is 1. The number of anilines is 3. The monoisotopic (exact) mass is 537 g/mol. The summed E-state index contributed by atoms with van der Waals surface area (Å²) in [6, 6.07) is 9.07. The highest BCUT2D eigenvalue weighted by atomic mass is 32.2. The number of hydrogen-bond acceptors (Lipinski definition) is 7. The van der Waals surface area contributed by atoms with E-state index in [1.807, 2.05) is 18.2 Å². The molecule has 2 saturated heterocycles. The largest absolute Gasteiger partial charge is 0.381 e. The number of benzene rings is 1. The number of carbonyl (C=O) groups is 2. The van der Waals surface area contributed by atoms with Crippen molar-refractivity contribution in [1.29, 1.82) is 0 Å². The maximum Gasteiger partial charge on any atom is 0.332 e. The minimum atomic E-state index is -3.49. The lowest BCUT2D eigenvalue weighted by Gasteiger charge is -2.27. The summed E-state index contributed by atoms with van der Waals surface area (Å²) in [4.78, 5) is 34.5. The summed E-state index contributed by atoms with van der Waals surface area (Å²) in [6.45, 7) is 5.71. The molecule has 1 N–H and O–H groups in total. The summed E-state index contributed by atoms with van der Waals surface area (Å²) in [5.74, 6) is 1.48. The molecule has 10 nitrogen and oxygen atoms in total. The van der Waals surface area contributed by atoms with E-state index in [0.29, 0.717) is 35.8 Å². The van der Waals surface area contributed by atoms with Crippen LogP contribution in [0.3, 0.4) is 0 Å². The van der Waals surface area contributed by atoms with Gasteiger partial charge in [-0.3, -0.25) is 9.10 Å². The standard InChI is InChI=1S/C27H31N5O5S/c1-26(2)24(33)32(17-4-5-20-21(11-17)31(38(3,35)36)15-27(20)7-8-27)25(34)30(26)12-16-6-9-28-22(10-16)29-23-18-13-37-14-19(18)23/h4-6,9-11,18-19,23H,7-8,12-15H2,1-3H3,(H,28,29)/t18-,19+,23?. The van der Waals surface area contributed by atoms with Crippen molar-refractivity contribution in [2.45, 2.75) is 50.2 Å². The van der Waals surface area contributed by atoms with E-state index < -0.39 is 21.6 Å². The Labute approximate surface area is 222 Å². The quantitative estimate of drug-likeness (QED) is 0.564. The van der Waals surface area contributed by atoms with E-state index in [-0.39, 0.29) is 17.9 Å². The number of urea groups is 1. The first-order chi connectivity index (χ1) is 18.0. The molecule has 200 valence electrons. The first-order valence-electron chi connectivity index (χ1n) is 13.1. The maximum atomic E-state index is 13.7. The maximum absolute atomic E-state index is 13.7. The Morgan fingerprint density at radius 3 is 2.53 bits per heavy atom. The summed E-state index contributed by atoms with van der Waals surface area (Å²) < 4.78 is 32.0. The molecule has 3 aliphatic heterocycles. The summed E-state index contributed by atoms with van der Waals surface area (Å²) in [5.41, 5.74) is 1.59. The molecule has 4 heterocycles. The number of fused-ring (bicyclic) bond motifs is 3. The van der Waals surface area contributed by atoms with Crippen LogP contribution in [0.25, 0.3) is 0 Å². The summed E-state index contributed by atoms with van der Waals surface area (Å²) in [5, 5.41) is 3.48. The van der Waals surface area contributed by atoms with Gasteiger partial charge < -0.3 is 15.0 Å². The van der Waals surface area contributed by atoms with Crippen LogP contribution in [0.4, 0.5) is 22.0 Å². The Morgan fingerprint density at radius 1 is 1.11 bits per heavy atom. The summed E-state index contributed by atoms with van der Waals surface area (Å²) in [6.07, 6.45) is 4.79. The number of aromatic nitrogens is 1. The SMILES string of the molecule is CC1(C)C(=O)N(c2ccc3c(c2)N(S(C)(=O)=O)CC32CC2)C(=O)N1Cc1ccnc(NC2[C@H]3COC[C@@H]23)c1. The zero-order valence-corrected chi connectivity index (χ0v) is 22.5. The molecule has 1 aromatic heterocycles. The van der Waals surface area contributed by atoms with E-state index in [0.717, 1.165) is 43.0 Å². The number of hydrogen-bond donors (Lipinski definition) is 1. The molecule has 1 unspecified atom stereocenters. The number of carbonyl (C=O) groups excluding carboxylic acids is 2. The third kappa shape index (κ3) is 3.47. The van der Waals surface area contributed by atoms with E-state index >= 15 is 0 Å². The van der Waals surface area contributed by atoms with Gasteiger partial charge in [0.05, 0.1) is 30.8 Å². The molecule has 11 heteroatoms. The minimum absolute atomic E-state index is 0.138. The molecular formula is C27H31N5O5S. The molecule has 2 saturated carbocycles. The van der Waals surface area contributed by atoms with Crippen LogP contribution in [0.1, 0.15) is 37.8 Å². The molecule has 38 heavy (non-hydrogen) atoms. The van der Waals surface area contributed by atoms with Crippen LogP contribution in [-0.2, 0) is 31.5 Å². The molecule has 3 amide bonds. The number of sulfonamides is 1. The molecule has 5 aliphatic rings. The van der Waals surface area contributed by atoms with Crippen molar-refractivity contribution in [3.63, 3.8) is 0 Å². The predicted octanol–water partition coefficient (Wildman–Crippen LogP) is 2.70. The zero-order chi connectivity index (χ0) is 26.6. The highest BCUT2D eigenvalue weighted by Crippen LogP contribution is 2.57. The average molecular weight is 538 g/mol. The molecule has 0 bridgehead atoms. The van der Waals surface area contributed by atoms with Gasteiger partial charge in [0.15, 0.2) is 0 Å². The topological polar surface area (TPSA) is 112 Å². The fourth-order valence-corrected chi connectivity index (χ4v) is 7.41. The van der Waals surface area contributed by atoms with E-state index in [9.17, 15) is 18.0 Å². The van der Waals surface area contributed by atoms with Crippen LogP contribution >= 0.6 is 0 Å². The molecule has 7 rings (SSSR count). The average Bonchev–Trinajstić information content (AvgIpc) is 3.64. The van der Waals surface area contributed by atoms with Crippen molar-refractivity contribution in [2.75, 3.05) is 40.5 Å². The molecule has 4 fully saturated rings. The lowest BCUT2D eigenvalue weighted by atomic mass is 9.98. The van der Waals surface area contributed by atoms with Crippen molar-refractivity contribution in [3.8, 4) is 0 Å². The van der Waals surface area contributed by atoms with Crippen molar-refractivity contribution < 1.29 is 22.7 Å². The van der Waals surface area contributed by atoms with Crippen molar-refractivity contribution in [3.05, 3.63) is 47.7 Å². The Bertz CT molecular complexity index is 1480. The smallest absolute Gasteiger partial charge is 0.332 e. The highest BCUT2D eigenvalue weighted by molar-refractivity contribution is 7.92. The number of amides is 3. The fourth-order valence-electron chi connectivity index (χ4n) is 6.42. The normalized spacial score (nSPS) is 28.2. The fraction of sp³-hybridized carbons (Fsp3) is 0.519. The van der Waals surface area contributed by atoms with E-state index in [4.69, 9.17) is 4.74 Å². The Morgan fingerprint density at radius 2 is 1.84 bits per heavy atom. The van der Waals surface area contributed by atoms with E-state index in [1.54, 1.807) is 37.1 Å². The van der Waals surface area contributed by atoms with Gasteiger partial charge in [-0.25, -0.2) is 23.1 Å². The molecule has 3 atom stereocenters.